The highest BCUT2D eigenvalue weighted by molar-refractivity contribution is 7.44. The van der Waals surface area contributed by atoms with Crippen molar-refractivity contribution < 1.29 is 95.1 Å². The Balaban J connectivity index is -0.000000398. The van der Waals surface area contributed by atoms with Gasteiger partial charge in [-0.1, -0.05) is 118 Å². The van der Waals surface area contributed by atoms with Crippen LogP contribution in [-0.2, 0) is 95.1 Å². The Morgan fingerprint density at radius 1 is 0.394 bits per heavy atom. The summed E-state index contributed by atoms with van der Waals surface area (Å²) in [5.41, 5.74) is 0. The SMILES string of the molecule is CCC(=O)CCC(=O)OC(CC)C(=O)C(C)C.CCC(CCC(=O)CCC(=O)C(C)C)OC(=O)CCC(C)=O.CCC(CCC(=O)CCC(=O)C(C)C)OC(OCCC#N)N(C(C)C)C(C)C.CCC(OC(=O)CCC(C)=O)C(=O)C(C)C.CCCOP(OC(CC)C(=O)C(C)C)N(C(C)C)C(C)C. The van der Waals surface area contributed by atoms with Crippen LogP contribution in [0.4, 0.5) is 0 Å². The van der Waals surface area contributed by atoms with Gasteiger partial charge in [0.05, 0.1) is 51.1 Å². The van der Waals surface area contributed by atoms with Crippen LogP contribution in [0.5, 0.6) is 0 Å². The topological polar surface area (TPSA) is 317 Å². The molecule has 7 unspecified atom stereocenters. The van der Waals surface area contributed by atoms with Gasteiger partial charge in [0.25, 0.3) is 8.53 Å². The first-order valence-corrected chi connectivity index (χ1v) is 39.7. The zero-order valence-electron chi connectivity index (χ0n) is 69.6. The second kappa shape index (κ2) is 63.8. The van der Waals surface area contributed by atoms with Crippen LogP contribution in [-0.4, -0.2) is 160 Å². The molecule has 604 valence electrons. The summed E-state index contributed by atoms with van der Waals surface area (Å²) in [6.07, 6.45) is 5.76. The molecule has 0 N–H and O–H groups in total. The van der Waals surface area contributed by atoms with E-state index in [9.17, 15) is 62.3 Å². The van der Waals surface area contributed by atoms with Crippen LogP contribution in [0.15, 0.2) is 0 Å². The summed E-state index contributed by atoms with van der Waals surface area (Å²) in [5.74, 6) is -1.41. The van der Waals surface area contributed by atoms with E-state index >= 15 is 0 Å². The molecule has 23 nitrogen and oxygen atoms in total. The number of carbonyl (C=O) groups excluding carboxylic acids is 13. The van der Waals surface area contributed by atoms with Gasteiger partial charge in [-0.15, -0.1) is 0 Å². The number of rotatable bonds is 54. The van der Waals surface area contributed by atoms with Gasteiger partial charge in [-0.2, -0.15) is 5.26 Å². The van der Waals surface area contributed by atoms with Crippen LogP contribution < -0.4 is 0 Å². The van der Waals surface area contributed by atoms with E-state index in [1.807, 2.05) is 62.3 Å². The van der Waals surface area contributed by atoms with Crippen molar-refractivity contribution in [2.24, 2.45) is 29.6 Å². The molecule has 7 atom stereocenters. The Bertz CT molecular complexity index is 2510. The molecule has 0 radical (unpaired) electrons. The maximum atomic E-state index is 12.3. The Hall–Kier alpha value is -5.21. The van der Waals surface area contributed by atoms with Gasteiger partial charge in [-0.3, -0.25) is 57.6 Å². The number of Topliss-reactive ketones (excluding diaryl/α,β-unsaturated/α-hetero) is 10. The molecule has 0 aromatic carbocycles. The average molecular weight is 1500 g/mol. The normalized spacial score (nSPS) is 13.3. The van der Waals surface area contributed by atoms with Gasteiger partial charge in [0.15, 0.2) is 29.6 Å². The van der Waals surface area contributed by atoms with Gasteiger partial charge in [0, 0.05) is 118 Å². The third kappa shape index (κ3) is 55.2. The molecular formula is C80H144N3O20P. The first-order chi connectivity index (χ1) is 48.4. The number of hydrogen-bond donors (Lipinski definition) is 0. The summed E-state index contributed by atoms with van der Waals surface area (Å²) in [6.45, 7) is 52.3. The summed E-state index contributed by atoms with van der Waals surface area (Å²) in [6, 6.07) is 3.16. The Morgan fingerprint density at radius 2 is 0.760 bits per heavy atom. The second-order valence-electron chi connectivity index (χ2n) is 28.7. The lowest BCUT2D eigenvalue weighted by Gasteiger charge is -2.38. The molecule has 104 heavy (non-hydrogen) atoms. The minimum absolute atomic E-state index is 0.00970. The standard InChI is InChI=1S/C22H40N2O4.C17H28O5.C16H34NO3P.C13H22O4.C12H20O4/c1-8-20(12-10-19(25)11-13-21(26)16(2)3)28-22(27-15-9-14-23)24(17(4)5)18(6)7;1-5-15(22-17(21)11-6-13(4)18)9-7-14(19)8-10-16(20)12(2)3;1-9-11-19-21(17(13(5)6)14(7)8)20-15(10-2)16(18)12(3)4;1-5-10(14)7-8-12(15)17-11(6-2)13(16)9(3)4;1-5-10(12(15)8(2)3)16-11(14)7-6-9(4)13/h16-18,20,22H,8-13,15H2,1-7H3;12,15H,5-11H2,1-4H3;12-15H,9-11H2,1-8H3;9,11H,5-8H2,1-4H3;8,10H,5-7H2,1-4H3. The largest absolute Gasteiger partial charge is 0.462 e. The van der Waals surface area contributed by atoms with Crippen LogP contribution in [0, 0.1) is 40.9 Å². The molecule has 0 heterocycles. The first kappa shape index (κ1) is 107. The highest BCUT2D eigenvalue weighted by Crippen LogP contribution is 2.47. The number of nitriles is 1. The van der Waals surface area contributed by atoms with Crippen molar-refractivity contribution in [2.75, 3.05) is 13.2 Å². The van der Waals surface area contributed by atoms with E-state index in [-0.39, 0.29) is 169 Å². The fourth-order valence-corrected chi connectivity index (χ4v) is 11.4. The summed E-state index contributed by atoms with van der Waals surface area (Å²) < 4.78 is 41.8. The predicted octanol–water partition coefficient (Wildman–Crippen LogP) is 16.5. The fourth-order valence-electron chi connectivity index (χ4n) is 9.55. The van der Waals surface area contributed by atoms with E-state index in [2.05, 4.69) is 78.0 Å². The number of ketones is 10. The molecule has 0 saturated heterocycles. The maximum Gasteiger partial charge on any atom is 0.306 e. The van der Waals surface area contributed by atoms with E-state index in [1.54, 1.807) is 48.5 Å². The first-order valence-electron chi connectivity index (χ1n) is 38.5. The second-order valence-corrected chi connectivity index (χ2v) is 30.1. The molecular weight excluding hydrogens is 1350 g/mol. The zero-order valence-corrected chi connectivity index (χ0v) is 70.5. The number of nitrogens with zero attached hydrogens (tertiary/aromatic N) is 3. The number of ether oxygens (including phenoxy) is 5. The van der Waals surface area contributed by atoms with E-state index in [0.717, 1.165) is 12.8 Å². The van der Waals surface area contributed by atoms with Crippen LogP contribution in [0.2, 0.25) is 0 Å². The van der Waals surface area contributed by atoms with Crippen molar-refractivity contribution in [3.05, 3.63) is 0 Å². The van der Waals surface area contributed by atoms with Crippen LogP contribution in [0.3, 0.4) is 0 Å². The lowest BCUT2D eigenvalue weighted by Crippen LogP contribution is -2.49. The van der Waals surface area contributed by atoms with Crippen LogP contribution >= 0.6 is 8.53 Å². The summed E-state index contributed by atoms with van der Waals surface area (Å²) in [4.78, 5) is 152. The molecule has 0 aliphatic carbocycles. The lowest BCUT2D eigenvalue weighted by atomic mass is 10.0. The zero-order chi connectivity index (χ0) is 81.5. The maximum absolute atomic E-state index is 12.3. The number of hydrogen-bond acceptors (Lipinski definition) is 23. The predicted molar refractivity (Wildman–Crippen MR) is 409 cm³/mol. The van der Waals surface area contributed by atoms with Crippen molar-refractivity contribution in [1.29, 1.82) is 5.26 Å². The molecule has 0 aliphatic rings. The minimum Gasteiger partial charge on any atom is -0.462 e. The Labute approximate surface area is 629 Å². The molecule has 0 spiro atoms. The van der Waals surface area contributed by atoms with Gasteiger partial charge in [-0.25, -0.2) is 4.67 Å². The molecule has 0 bridgehead atoms. The summed E-state index contributed by atoms with van der Waals surface area (Å²) >= 11 is 0. The molecule has 0 aromatic rings. The lowest BCUT2D eigenvalue weighted by molar-refractivity contribution is -0.260. The number of esters is 3. The molecule has 24 heteroatoms. The monoisotopic (exact) mass is 1500 g/mol. The minimum atomic E-state index is -1.20. The van der Waals surface area contributed by atoms with Gasteiger partial charge in [0.1, 0.15) is 52.7 Å². The van der Waals surface area contributed by atoms with Crippen molar-refractivity contribution >= 4 is 84.3 Å². The fraction of sp³-hybridized carbons (Fsp3) is 0.825. The summed E-state index contributed by atoms with van der Waals surface area (Å²) in [5, 5.41) is 8.79. The van der Waals surface area contributed by atoms with Gasteiger partial charge < -0.3 is 42.3 Å². The molecule has 0 aromatic heterocycles. The third-order valence-electron chi connectivity index (χ3n) is 16.1. The molecule has 0 saturated carbocycles. The third-order valence-corrected chi connectivity index (χ3v) is 18.2. The van der Waals surface area contributed by atoms with Crippen LogP contribution in [0.25, 0.3) is 0 Å². The molecule has 0 aliphatic heterocycles. The van der Waals surface area contributed by atoms with Gasteiger partial charge in [-0.05, 0) is 121 Å². The Morgan fingerprint density at radius 3 is 1.08 bits per heavy atom. The molecule has 0 amide bonds. The smallest absolute Gasteiger partial charge is 0.306 e. The highest BCUT2D eigenvalue weighted by Gasteiger charge is 2.33. The van der Waals surface area contributed by atoms with Crippen molar-refractivity contribution in [2.45, 2.75) is 389 Å². The van der Waals surface area contributed by atoms with Gasteiger partial charge in [0.2, 0.25) is 6.41 Å². The average Bonchev–Trinajstić information content (AvgIpc) is 0.863. The van der Waals surface area contributed by atoms with Crippen molar-refractivity contribution in [3.8, 4) is 6.07 Å². The molecule has 0 fully saturated rings. The molecule has 0 rings (SSSR count). The van der Waals surface area contributed by atoms with E-state index < -0.39 is 45.1 Å². The summed E-state index contributed by atoms with van der Waals surface area (Å²) in [7, 11) is -1.20. The van der Waals surface area contributed by atoms with E-state index in [0.29, 0.717) is 102 Å². The highest BCUT2D eigenvalue weighted by atomic mass is 31.2. The van der Waals surface area contributed by atoms with Crippen molar-refractivity contribution in [3.63, 3.8) is 0 Å². The Kier molecular flexibility index (Phi) is 65.9. The van der Waals surface area contributed by atoms with Gasteiger partial charge >= 0.3 is 17.9 Å². The van der Waals surface area contributed by atoms with E-state index in [4.69, 9.17) is 38.0 Å². The van der Waals surface area contributed by atoms with Crippen molar-refractivity contribution in [1.82, 2.24) is 9.57 Å². The van der Waals surface area contributed by atoms with E-state index in [1.165, 1.54) is 13.8 Å². The van der Waals surface area contributed by atoms with Crippen LogP contribution in [0.1, 0.15) is 328 Å². The number of carbonyl (C=O) groups is 13. The quantitative estimate of drug-likeness (QED) is 0.0179.